The maximum atomic E-state index is 12.7. The minimum atomic E-state index is -0.586. The number of aromatic nitrogens is 1. The van der Waals surface area contributed by atoms with Gasteiger partial charge in [-0.15, -0.1) is 0 Å². The van der Waals surface area contributed by atoms with Gasteiger partial charge in [0.2, 0.25) is 0 Å². The first-order valence-corrected chi connectivity index (χ1v) is 8.62. The van der Waals surface area contributed by atoms with Crippen LogP contribution in [-0.2, 0) is 6.54 Å². The van der Waals surface area contributed by atoms with Crippen LogP contribution in [-0.4, -0.2) is 10.5 Å². The normalized spacial score (nSPS) is 10.3. The number of hydrogen-bond acceptors (Lipinski definition) is 3. The van der Waals surface area contributed by atoms with Crippen LogP contribution >= 0.6 is 11.6 Å². The summed E-state index contributed by atoms with van der Waals surface area (Å²) in [5.74, 6) is -0.586. The monoisotopic (exact) mass is 377 g/mol. The van der Waals surface area contributed by atoms with Gasteiger partial charge in [-0.2, -0.15) is 5.26 Å². The van der Waals surface area contributed by atoms with Crippen LogP contribution in [0.4, 0.5) is 5.69 Å². The average molecular weight is 378 g/mol. The van der Waals surface area contributed by atoms with Gasteiger partial charge in [-0.1, -0.05) is 41.4 Å². The number of rotatable bonds is 4. The van der Waals surface area contributed by atoms with Crippen molar-refractivity contribution in [3.63, 3.8) is 0 Å². The van der Waals surface area contributed by atoms with Crippen LogP contribution in [0.3, 0.4) is 0 Å². The molecule has 134 valence electrons. The molecule has 27 heavy (non-hydrogen) atoms. The molecule has 2 aromatic carbocycles. The second-order valence-electron chi connectivity index (χ2n) is 6.10. The lowest BCUT2D eigenvalue weighted by Crippen LogP contribution is -2.29. The van der Waals surface area contributed by atoms with Gasteiger partial charge in [0.05, 0.1) is 17.8 Å². The van der Waals surface area contributed by atoms with Crippen molar-refractivity contribution < 1.29 is 4.79 Å². The summed E-state index contributed by atoms with van der Waals surface area (Å²) in [6.45, 7) is 2.34. The molecule has 3 rings (SSSR count). The molecule has 0 spiro atoms. The largest absolute Gasteiger partial charge is 0.321 e. The summed E-state index contributed by atoms with van der Waals surface area (Å²) in [4.78, 5) is 25.3. The summed E-state index contributed by atoms with van der Waals surface area (Å²) in [6.07, 6.45) is 1.64. The van der Waals surface area contributed by atoms with Gasteiger partial charge in [-0.3, -0.25) is 9.59 Å². The van der Waals surface area contributed by atoms with Crippen molar-refractivity contribution in [2.45, 2.75) is 13.5 Å². The first-order chi connectivity index (χ1) is 13.0. The van der Waals surface area contributed by atoms with E-state index in [2.05, 4.69) is 5.32 Å². The molecule has 0 aliphatic rings. The number of hydrogen-bond donors (Lipinski definition) is 1. The van der Waals surface area contributed by atoms with Crippen molar-refractivity contribution in [3.05, 3.63) is 98.4 Å². The van der Waals surface area contributed by atoms with E-state index >= 15 is 0 Å². The Morgan fingerprint density at radius 2 is 2.00 bits per heavy atom. The van der Waals surface area contributed by atoms with Gasteiger partial charge in [-0.25, -0.2) is 0 Å². The van der Waals surface area contributed by atoms with E-state index in [0.29, 0.717) is 11.6 Å². The predicted octanol–water partition coefficient (Wildman–Crippen LogP) is 3.98. The zero-order valence-corrected chi connectivity index (χ0v) is 15.3. The lowest BCUT2D eigenvalue weighted by atomic mass is 10.1. The Labute approximate surface area is 161 Å². The van der Waals surface area contributed by atoms with Gasteiger partial charge in [0.25, 0.3) is 11.5 Å². The van der Waals surface area contributed by atoms with E-state index in [1.807, 2.05) is 37.3 Å². The van der Waals surface area contributed by atoms with Crippen LogP contribution in [0.2, 0.25) is 5.02 Å². The van der Waals surface area contributed by atoms with Crippen LogP contribution in [0, 0.1) is 18.3 Å². The molecule has 1 N–H and O–H groups in total. The van der Waals surface area contributed by atoms with Crippen LogP contribution in [0.5, 0.6) is 0 Å². The molecule has 0 saturated carbocycles. The third kappa shape index (κ3) is 4.25. The Balaban J connectivity index is 1.90. The van der Waals surface area contributed by atoms with Crippen molar-refractivity contribution in [2.75, 3.05) is 5.32 Å². The summed E-state index contributed by atoms with van der Waals surface area (Å²) in [5.41, 5.74) is 2.19. The number of halogens is 1. The molecule has 0 aliphatic heterocycles. The number of nitrogens with one attached hydrogen (secondary N) is 1. The number of carbonyl (C=O) groups excluding carboxylic acids is 1. The molecule has 0 unspecified atom stereocenters. The second kappa shape index (κ2) is 7.90. The molecule has 0 fully saturated rings. The van der Waals surface area contributed by atoms with Gasteiger partial charge >= 0.3 is 0 Å². The fourth-order valence-corrected chi connectivity index (χ4v) is 2.92. The van der Waals surface area contributed by atoms with Crippen LogP contribution in [0.25, 0.3) is 0 Å². The first kappa shape index (κ1) is 18.4. The smallest absolute Gasteiger partial charge is 0.263 e. The first-order valence-electron chi connectivity index (χ1n) is 8.24. The Hall–Kier alpha value is -3.36. The third-order valence-electron chi connectivity index (χ3n) is 4.05. The van der Waals surface area contributed by atoms with E-state index < -0.39 is 11.5 Å². The Morgan fingerprint density at radius 3 is 2.74 bits per heavy atom. The summed E-state index contributed by atoms with van der Waals surface area (Å²) in [6, 6.07) is 17.5. The third-order valence-corrected chi connectivity index (χ3v) is 4.29. The molecule has 1 heterocycles. The molecule has 0 bridgehead atoms. The summed E-state index contributed by atoms with van der Waals surface area (Å²) < 4.78 is 1.48. The summed E-state index contributed by atoms with van der Waals surface area (Å²) >= 11 is 5.94. The van der Waals surface area contributed by atoms with Crippen LogP contribution < -0.4 is 10.9 Å². The number of aryl methyl sites for hydroxylation is 1. The van der Waals surface area contributed by atoms with Crippen LogP contribution in [0.1, 0.15) is 27.0 Å². The summed E-state index contributed by atoms with van der Waals surface area (Å²) in [5, 5.41) is 12.2. The standard InChI is InChI=1S/C21H16ClN3O2/c1-14-4-2-5-15(10-14)13-25-9-3-6-18(21(25)27)20(26)24-19-11-17(22)8-7-16(19)12-23/h2-11H,13H2,1H3,(H,24,26). The highest BCUT2D eigenvalue weighted by molar-refractivity contribution is 6.31. The molecule has 1 amide bonds. The van der Waals surface area contributed by atoms with E-state index in [-0.39, 0.29) is 16.8 Å². The maximum absolute atomic E-state index is 12.7. The van der Waals surface area contributed by atoms with Gasteiger partial charge in [0.15, 0.2) is 0 Å². The minimum Gasteiger partial charge on any atom is -0.321 e. The lowest BCUT2D eigenvalue weighted by Gasteiger charge is -2.10. The van der Waals surface area contributed by atoms with Crippen molar-refractivity contribution in [3.8, 4) is 6.07 Å². The lowest BCUT2D eigenvalue weighted by molar-refractivity contribution is 0.102. The topological polar surface area (TPSA) is 74.9 Å². The van der Waals surface area contributed by atoms with E-state index in [4.69, 9.17) is 16.9 Å². The number of amides is 1. The molecule has 0 radical (unpaired) electrons. The Kier molecular flexibility index (Phi) is 5.39. The fourth-order valence-electron chi connectivity index (χ4n) is 2.75. The maximum Gasteiger partial charge on any atom is 0.263 e. The fraction of sp³-hybridized carbons (Fsp3) is 0.0952. The van der Waals surface area contributed by atoms with Crippen molar-refractivity contribution in [2.24, 2.45) is 0 Å². The highest BCUT2D eigenvalue weighted by Gasteiger charge is 2.14. The zero-order valence-electron chi connectivity index (χ0n) is 14.6. The van der Waals surface area contributed by atoms with Crippen molar-refractivity contribution in [1.29, 1.82) is 5.26 Å². The van der Waals surface area contributed by atoms with E-state index in [9.17, 15) is 9.59 Å². The van der Waals surface area contributed by atoms with E-state index in [1.165, 1.54) is 22.8 Å². The number of pyridine rings is 1. The summed E-state index contributed by atoms with van der Waals surface area (Å²) in [7, 11) is 0. The molecule has 1 aromatic heterocycles. The highest BCUT2D eigenvalue weighted by atomic mass is 35.5. The quantitative estimate of drug-likeness (QED) is 0.747. The second-order valence-corrected chi connectivity index (χ2v) is 6.54. The van der Waals surface area contributed by atoms with Crippen molar-refractivity contribution in [1.82, 2.24) is 4.57 Å². The van der Waals surface area contributed by atoms with Gasteiger partial charge in [0.1, 0.15) is 11.6 Å². The molecular formula is C21H16ClN3O2. The zero-order chi connectivity index (χ0) is 19.4. The number of nitrogens with zero attached hydrogens (tertiary/aromatic N) is 2. The molecule has 0 saturated heterocycles. The number of benzene rings is 2. The van der Waals surface area contributed by atoms with Gasteiger partial charge < -0.3 is 9.88 Å². The molecule has 5 nitrogen and oxygen atoms in total. The Bertz CT molecular complexity index is 1110. The SMILES string of the molecule is Cc1cccc(Cn2cccc(C(=O)Nc3cc(Cl)ccc3C#N)c2=O)c1. The molecule has 0 aliphatic carbocycles. The van der Waals surface area contributed by atoms with Crippen LogP contribution in [0.15, 0.2) is 65.6 Å². The van der Waals surface area contributed by atoms with Gasteiger partial charge in [0, 0.05) is 11.2 Å². The number of anilines is 1. The molecule has 3 aromatic rings. The molecule has 6 heteroatoms. The minimum absolute atomic E-state index is 0.00554. The predicted molar refractivity (Wildman–Crippen MR) is 105 cm³/mol. The molecular weight excluding hydrogens is 362 g/mol. The number of carbonyl (C=O) groups is 1. The average Bonchev–Trinajstić information content (AvgIpc) is 2.63. The highest BCUT2D eigenvalue weighted by Crippen LogP contribution is 2.20. The van der Waals surface area contributed by atoms with Gasteiger partial charge in [-0.05, 0) is 42.8 Å². The number of nitriles is 1. The van der Waals surface area contributed by atoms with Crippen molar-refractivity contribution >= 4 is 23.2 Å². The van der Waals surface area contributed by atoms with E-state index in [1.54, 1.807) is 18.3 Å². The Morgan fingerprint density at radius 1 is 1.19 bits per heavy atom. The van der Waals surface area contributed by atoms with E-state index in [0.717, 1.165) is 11.1 Å². The molecule has 0 atom stereocenters.